The lowest BCUT2D eigenvalue weighted by Gasteiger charge is -2.26. The number of halogens is 1. The van der Waals surface area contributed by atoms with Crippen molar-refractivity contribution in [3.63, 3.8) is 0 Å². The maximum atomic E-state index is 11.3. The molecular weight excluding hydrogens is 475 g/mol. The van der Waals surface area contributed by atoms with E-state index in [9.17, 15) is 8.42 Å². The molecule has 1 saturated carbocycles. The molecule has 2 unspecified atom stereocenters. The summed E-state index contributed by atoms with van der Waals surface area (Å²) in [4.78, 5) is 4.40. The van der Waals surface area contributed by atoms with Crippen molar-refractivity contribution in [2.24, 2.45) is 22.0 Å². The molecule has 0 spiro atoms. The van der Waals surface area contributed by atoms with Crippen LogP contribution in [0.3, 0.4) is 0 Å². The largest absolute Gasteiger partial charge is 0.356 e. The van der Waals surface area contributed by atoms with E-state index in [-0.39, 0.29) is 28.9 Å². The average molecular weight is 508 g/mol. The number of primary sulfonamides is 1. The molecule has 1 aromatic carbocycles. The number of hydrogen-bond donors (Lipinski definition) is 3. The van der Waals surface area contributed by atoms with E-state index < -0.39 is 10.0 Å². The maximum absolute atomic E-state index is 11.3. The van der Waals surface area contributed by atoms with Gasteiger partial charge in [0.15, 0.2) is 5.96 Å². The number of hydrogen-bond acceptors (Lipinski definition) is 3. The van der Waals surface area contributed by atoms with Crippen LogP contribution in [-0.4, -0.2) is 34.5 Å². The fourth-order valence-corrected chi connectivity index (χ4v) is 4.12. The summed E-state index contributed by atoms with van der Waals surface area (Å²) in [5.74, 6) is 2.52. The molecule has 27 heavy (non-hydrogen) atoms. The van der Waals surface area contributed by atoms with Crippen LogP contribution in [0.5, 0.6) is 0 Å². The summed E-state index contributed by atoms with van der Waals surface area (Å²) in [6.07, 6.45) is 7.43. The van der Waals surface area contributed by atoms with Crippen LogP contribution in [0.2, 0.25) is 0 Å². The Morgan fingerprint density at radius 2 is 1.85 bits per heavy atom. The summed E-state index contributed by atoms with van der Waals surface area (Å²) in [5.41, 5.74) is 1.05. The number of rotatable bonds is 7. The Hall–Kier alpha value is -0.870. The number of aliphatic imine (C=N–C) groups is 1. The molecule has 0 radical (unpaired) electrons. The van der Waals surface area contributed by atoms with E-state index in [4.69, 9.17) is 5.14 Å². The Morgan fingerprint density at radius 3 is 2.44 bits per heavy atom. The molecule has 0 heterocycles. The zero-order chi connectivity index (χ0) is 19.0. The molecule has 154 valence electrons. The molecule has 2 rings (SSSR count). The number of nitrogens with one attached hydrogen (secondary N) is 2. The Labute approximate surface area is 180 Å². The van der Waals surface area contributed by atoms with E-state index in [1.807, 2.05) is 0 Å². The van der Waals surface area contributed by atoms with Gasteiger partial charge in [0, 0.05) is 20.1 Å². The summed E-state index contributed by atoms with van der Waals surface area (Å²) in [5, 5.41) is 11.8. The highest BCUT2D eigenvalue weighted by atomic mass is 127. The number of benzene rings is 1. The van der Waals surface area contributed by atoms with Crippen molar-refractivity contribution in [2.75, 3.05) is 20.1 Å². The minimum atomic E-state index is -3.63. The second-order valence-corrected chi connectivity index (χ2v) is 8.85. The first-order valence-corrected chi connectivity index (χ1v) is 11.0. The van der Waals surface area contributed by atoms with Gasteiger partial charge in [0.05, 0.1) is 4.90 Å². The van der Waals surface area contributed by atoms with Crippen molar-refractivity contribution in [1.82, 2.24) is 10.6 Å². The number of nitrogens with two attached hydrogens (primary N) is 1. The fourth-order valence-electron chi connectivity index (χ4n) is 3.61. The average Bonchev–Trinajstić information content (AvgIpc) is 2.60. The fraction of sp³-hybridized carbons (Fsp3) is 0.632. The molecule has 1 aliphatic rings. The third kappa shape index (κ3) is 8.78. The predicted molar refractivity (Wildman–Crippen MR) is 122 cm³/mol. The Balaban J connectivity index is 0.00000364. The number of sulfonamides is 1. The first-order valence-electron chi connectivity index (χ1n) is 9.44. The van der Waals surface area contributed by atoms with E-state index >= 15 is 0 Å². The maximum Gasteiger partial charge on any atom is 0.238 e. The molecule has 0 aromatic heterocycles. The minimum Gasteiger partial charge on any atom is -0.356 e. The smallest absolute Gasteiger partial charge is 0.238 e. The van der Waals surface area contributed by atoms with Crippen LogP contribution in [0, 0.1) is 11.8 Å². The highest BCUT2D eigenvalue weighted by molar-refractivity contribution is 14.0. The monoisotopic (exact) mass is 508 g/mol. The summed E-state index contributed by atoms with van der Waals surface area (Å²) in [6, 6.07) is 6.68. The van der Waals surface area contributed by atoms with E-state index in [1.54, 1.807) is 31.3 Å². The molecule has 4 N–H and O–H groups in total. The normalized spacial score (nSPS) is 20.6. The van der Waals surface area contributed by atoms with Crippen LogP contribution >= 0.6 is 24.0 Å². The lowest BCUT2D eigenvalue weighted by molar-refractivity contribution is 0.270. The molecule has 0 amide bonds. The van der Waals surface area contributed by atoms with Crippen LogP contribution in [0.15, 0.2) is 34.2 Å². The summed E-state index contributed by atoms with van der Waals surface area (Å²) in [7, 11) is -1.85. The minimum absolute atomic E-state index is 0. The first kappa shape index (κ1) is 24.2. The van der Waals surface area contributed by atoms with Crippen molar-refractivity contribution in [2.45, 2.75) is 50.3 Å². The summed E-state index contributed by atoms with van der Waals surface area (Å²) < 4.78 is 22.5. The van der Waals surface area contributed by atoms with Crippen molar-refractivity contribution in [3.8, 4) is 0 Å². The van der Waals surface area contributed by atoms with Gasteiger partial charge in [0.2, 0.25) is 10.0 Å². The summed E-state index contributed by atoms with van der Waals surface area (Å²) >= 11 is 0. The zero-order valence-corrected chi connectivity index (χ0v) is 19.4. The molecule has 1 aliphatic carbocycles. The van der Waals surface area contributed by atoms with Crippen molar-refractivity contribution in [1.29, 1.82) is 0 Å². The van der Waals surface area contributed by atoms with Crippen LogP contribution < -0.4 is 15.8 Å². The highest BCUT2D eigenvalue weighted by Gasteiger charge is 2.18. The number of guanidine groups is 1. The van der Waals surface area contributed by atoms with Gasteiger partial charge in [-0.2, -0.15) is 0 Å². The van der Waals surface area contributed by atoms with Crippen LogP contribution in [0.25, 0.3) is 0 Å². The van der Waals surface area contributed by atoms with E-state index in [2.05, 4.69) is 22.5 Å². The molecular formula is C19H33IN4O2S. The Bertz CT molecular complexity index is 692. The van der Waals surface area contributed by atoms with Gasteiger partial charge < -0.3 is 10.6 Å². The van der Waals surface area contributed by atoms with Gasteiger partial charge in [-0.05, 0) is 48.8 Å². The molecule has 8 heteroatoms. The van der Waals surface area contributed by atoms with E-state index in [1.165, 1.54) is 32.1 Å². The lowest BCUT2D eigenvalue weighted by atomic mass is 9.81. The molecule has 1 fully saturated rings. The second-order valence-electron chi connectivity index (χ2n) is 7.29. The molecule has 0 bridgehead atoms. The van der Waals surface area contributed by atoms with Gasteiger partial charge in [0.25, 0.3) is 0 Å². The lowest BCUT2D eigenvalue weighted by Crippen LogP contribution is -2.39. The second kappa shape index (κ2) is 11.9. The molecule has 6 nitrogen and oxygen atoms in total. The van der Waals surface area contributed by atoms with Gasteiger partial charge >= 0.3 is 0 Å². The Morgan fingerprint density at radius 1 is 1.19 bits per heavy atom. The molecule has 1 aromatic rings. The van der Waals surface area contributed by atoms with Crippen molar-refractivity contribution >= 4 is 40.0 Å². The van der Waals surface area contributed by atoms with Gasteiger partial charge in [-0.15, -0.1) is 24.0 Å². The van der Waals surface area contributed by atoms with Crippen molar-refractivity contribution in [3.05, 3.63) is 29.8 Å². The van der Waals surface area contributed by atoms with Gasteiger partial charge in [-0.3, -0.25) is 4.99 Å². The number of nitrogens with zero attached hydrogens (tertiary/aromatic N) is 1. The molecule has 2 atom stereocenters. The predicted octanol–water partition coefficient (Wildman–Crippen LogP) is 2.88. The molecule has 0 aliphatic heterocycles. The first-order chi connectivity index (χ1) is 12.4. The zero-order valence-electron chi connectivity index (χ0n) is 16.3. The highest BCUT2D eigenvalue weighted by Crippen LogP contribution is 2.30. The summed E-state index contributed by atoms with van der Waals surface area (Å²) in [6.45, 7) is 4.03. The Kier molecular flexibility index (Phi) is 10.6. The van der Waals surface area contributed by atoms with Crippen LogP contribution in [0.4, 0.5) is 0 Å². The third-order valence-corrected chi connectivity index (χ3v) is 6.00. The SMILES string of the molecule is CN=C(NCCc1ccc(S(N)(=O)=O)cc1)NCCC1CCCC(C)C1.I. The van der Waals surface area contributed by atoms with E-state index in [0.717, 1.165) is 42.9 Å². The topological polar surface area (TPSA) is 96.6 Å². The standard InChI is InChI=1S/C19H32N4O2S.HI/c1-15-4-3-5-17(14-15)11-13-23-19(21-2)22-12-10-16-6-8-18(9-7-16)26(20,24)25;/h6-9,15,17H,3-5,10-14H2,1-2H3,(H2,20,24,25)(H2,21,22,23);1H. The van der Waals surface area contributed by atoms with Gasteiger partial charge in [0.1, 0.15) is 0 Å². The molecule has 0 saturated heterocycles. The van der Waals surface area contributed by atoms with Gasteiger partial charge in [-0.25, -0.2) is 13.6 Å². The van der Waals surface area contributed by atoms with Gasteiger partial charge in [-0.1, -0.05) is 38.3 Å². The van der Waals surface area contributed by atoms with Crippen LogP contribution in [-0.2, 0) is 16.4 Å². The van der Waals surface area contributed by atoms with Crippen molar-refractivity contribution < 1.29 is 8.42 Å². The quantitative estimate of drug-likeness (QED) is 0.300. The van der Waals surface area contributed by atoms with E-state index in [0.29, 0.717) is 0 Å². The third-order valence-electron chi connectivity index (χ3n) is 5.07. The van der Waals surface area contributed by atoms with Crippen LogP contribution in [0.1, 0.15) is 44.6 Å².